The van der Waals surface area contributed by atoms with Crippen LogP contribution in [0.3, 0.4) is 0 Å². The molecule has 0 aliphatic carbocycles. The lowest BCUT2D eigenvalue weighted by Crippen LogP contribution is -2.25. The van der Waals surface area contributed by atoms with E-state index < -0.39 is 6.10 Å². The number of ether oxygens (including phenoxy) is 2. The van der Waals surface area contributed by atoms with Crippen LogP contribution in [0.1, 0.15) is 19.4 Å². The topological polar surface area (TPSA) is 50.7 Å². The summed E-state index contributed by atoms with van der Waals surface area (Å²) in [4.78, 5) is 0. The average molecular weight is 267 g/mol. The normalized spacial score (nSPS) is 12.7. The van der Waals surface area contributed by atoms with Crippen LogP contribution in [0.2, 0.25) is 0 Å². The highest BCUT2D eigenvalue weighted by molar-refractivity contribution is 5.44. The Bertz CT molecular complexity index is 338. The Balaban J connectivity index is 2.07. The highest BCUT2D eigenvalue weighted by Crippen LogP contribution is 2.08. The smallest absolute Gasteiger partial charge is 0.0945 e. The molecule has 4 nitrogen and oxygen atoms in total. The third kappa shape index (κ3) is 7.82. The third-order valence-corrected chi connectivity index (χ3v) is 2.58. The van der Waals surface area contributed by atoms with Crippen molar-refractivity contribution in [2.75, 3.05) is 31.7 Å². The second kappa shape index (κ2) is 8.91. The van der Waals surface area contributed by atoms with Gasteiger partial charge in [-0.2, -0.15) is 0 Å². The van der Waals surface area contributed by atoms with Crippen LogP contribution in [0.4, 0.5) is 5.69 Å². The van der Waals surface area contributed by atoms with Crippen molar-refractivity contribution in [3.63, 3.8) is 0 Å². The first-order valence-corrected chi connectivity index (χ1v) is 6.76. The Labute approximate surface area is 115 Å². The molecule has 0 fully saturated rings. The van der Waals surface area contributed by atoms with Gasteiger partial charge in [0.15, 0.2) is 0 Å². The zero-order valence-electron chi connectivity index (χ0n) is 12.1. The van der Waals surface area contributed by atoms with Crippen molar-refractivity contribution in [3.05, 3.63) is 29.8 Å². The standard InChI is InChI=1S/C15H25NO3/c1-12(2)19-9-8-18-11-15(17)10-16-14-6-4-13(3)5-7-14/h4-7,12,15-17H,8-11H2,1-3H3. The van der Waals surface area contributed by atoms with Crippen LogP contribution >= 0.6 is 0 Å². The Kier molecular flexibility index (Phi) is 7.48. The molecule has 1 rings (SSSR count). The summed E-state index contributed by atoms with van der Waals surface area (Å²) in [6.45, 7) is 7.90. The van der Waals surface area contributed by atoms with E-state index in [0.717, 1.165) is 5.69 Å². The first-order valence-electron chi connectivity index (χ1n) is 6.76. The molecule has 0 aliphatic heterocycles. The van der Waals surface area contributed by atoms with E-state index in [9.17, 15) is 5.11 Å². The van der Waals surface area contributed by atoms with Gasteiger partial charge in [0.2, 0.25) is 0 Å². The fourth-order valence-electron chi connectivity index (χ4n) is 1.53. The summed E-state index contributed by atoms with van der Waals surface area (Å²) in [5.41, 5.74) is 2.23. The number of anilines is 1. The average Bonchev–Trinajstić information content (AvgIpc) is 2.37. The summed E-state index contributed by atoms with van der Waals surface area (Å²) in [6, 6.07) is 8.07. The second-order valence-electron chi connectivity index (χ2n) is 4.90. The van der Waals surface area contributed by atoms with Crippen molar-refractivity contribution in [2.45, 2.75) is 33.0 Å². The predicted molar refractivity (Wildman–Crippen MR) is 77.6 cm³/mol. The minimum atomic E-state index is -0.514. The number of aryl methyl sites for hydroxylation is 1. The Morgan fingerprint density at radius 1 is 1.16 bits per heavy atom. The first kappa shape index (κ1) is 16.0. The minimum absolute atomic E-state index is 0.219. The lowest BCUT2D eigenvalue weighted by Gasteiger charge is -2.14. The van der Waals surface area contributed by atoms with E-state index in [1.54, 1.807) is 0 Å². The number of benzene rings is 1. The Morgan fingerprint density at radius 2 is 1.84 bits per heavy atom. The second-order valence-corrected chi connectivity index (χ2v) is 4.90. The molecule has 0 bridgehead atoms. The summed E-state index contributed by atoms with van der Waals surface area (Å²) in [7, 11) is 0. The van der Waals surface area contributed by atoms with Gasteiger partial charge in [0.25, 0.3) is 0 Å². The van der Waals surface area contributed by atoms with Crippen molar-refractivity contribution < 1.29 is 14.6 Å². The molecule has 108 valence electrons. The molecule has 2 N–H and O–H groups in total. The molecule has 0 aromatic heterocycles. The first-order chi connectivity index (χ1) is 9.08. The van der Waals surface area contributed by atoms with Crippen molar-refractivity contribution in [1.82, 2.24) is 0 Å². The van der Waals surface area contributed by atoms with E-state index in [2.05, 4.69) is 5.32 Å². The zero-order valence-corrected chi connectivity index (χ0v) is 12.1. The van der Waals surface area contributed by atoms with E-state index >= 15 is 0 Å². The molecule has 0 saturated carbocycles. The van der Waals surface area contributed by atoms with Gasteiger partial charge in [-0.25, -0.2) is 0 Å². The zero-order chi connectivity index (χ0) is 14.1. The van der Waals surface area contributed by atoms with Crippen molar-refractivity contribution in [1.29, 1.82) is 0 Å². The molecule has 0 spiro atoms. The van der Waals surface area contributed by atoms with Crippen LogP contribution in [0.15, 0.2) is 24.3 Å². The number of hydrogen-bond acceptors (Lipinski definition) is 4. The third-order valence-electron chi connectivity index (χ3n) is 2.58. The lowest BCUT2D eigenvalue weighted by molar-refractivity contribution is -0.00734. The van der Waals surface area contributed by atoms with Crippen LogP contribution < -0.4 is 5.32 Å². The van der Waals surface area contributed by atoms with Gasteiger partial charge in [-0.15, -0.1) is 0 Å². The molecule has 0 amide bonds. The van der Waals surface area contributed by atoms with Gasteiger partial charge in [0, 0.05) is 12.2 Å². The Hall–Kier alpha value is -1.10. The molecular formula is C15H25NO3. The largest absolute Gasteiger partial charge is 0.389 e. The van der Waals surface area contributed by atoms with Crippen LogP contribution in [0.5, 0.6) is 0 Å². The predicted octanol–water partition coefficient (Wildman–Crippen LogP) is 2.21. The molecule has 1 unspecified atom stereocenters. The maximum absolute atomic E-state index is 9.75. The molecule has 0 saturated heterocycles. The number of rotatable bonds is 9. The van der Waals surface area contributed by atoms with E-state index in [4.69, 9.17) is 9.47 Å². The van der Waals surface area contributed by atoms with Gasteiger partial charge >= 0.3 is 0 Å². The fourth-order valence-corrected chi connectivity index (χ4v) is 1.53. The van der Waals surface area contributed by atoms with Crippen molar-refractivity contribution in [3.8, 4) is 0 Å². The monoisotopic (exact) mass is 267 g/mol. The minimum Gasteiger partial charge on any atom is -0.389 e. The van der Waals surface area contributed by atoms with Gasteiger partial charge in [0.05, 0.1) is 32.0 Å². The van der Waals surface area contributed by atoms with E-state index in [0.29, 0.717) is 26.4 Å². The van der Waals surface area contributed by atoms with Gasteiger partial charge in [0.1, 0.15) is 0 Å². The summed E-state index contributed by atoms with van der Waals surface area (Å²) in [5, 5.41) is 12.9. The number of hydrogen-bond donors (Lipinski definition) is 2. The maximum Gasteiger partial charge on any atom is 0.0945 e. The number of aliphatic hydroxyl groups excluding tert-OH is 1. The molecule has 0 heterocycles. The van der Waals surface area contributed by atoms with E-state index in [-0.39, 0.29) is 6.10 Å². The van der Waals surface area contributed by atoms with Gasteiger partial charge in [-0.3, -0.25) is 0 Å². The summed E-state index contributed by atoms with van der Waals surface area (Å²) in [6.07, 6.45) is -0.294. The summed E-state index contributed by atoms with van der Waals surface area (Å²) in [5.74, 6) is 0. The Morgan fingerprint density at radius 3 is 2.47 bits per heavy atom. The molecule has 1 aromatic rings. The molecule has 0 aliphatic rings. The quantitative estimate of drug-likeness (QED) is 0.674. The fraction of sp³-hybridized carbons (Fsp3) is 0.600. The molecule has 0 radical (unpaired) electrons. The van der Waals surface area contributed by atoms with Crippen LogP contribution in [0.25, 0.3) is 0 Å². The van der Waals surface area contributed by atoms with Crippen LogP contribution in [-0.2, 0) is 9.47 Å². The van der Waals surface area contributed by atoms with Gasteiger partial charge < -0.3 is 19.9 Å². The molecule has 1 aromatic carbocycles. The number of nitrogens with one attached hydrogen (secondary N) is 1. The molecule has 1 atom stereocenters. The SMILES string of the molecule is Cc1ccc(NCC(O)COCCOC(C)C)cc1. The van der Waals surface area contributed by atoms with E-state index in [1.807, 2.05) is 45.0 Å². The molecule has 19 heavy (non-hydrogen) atoms. The van der Waals surface area contributed by atoms with E-state index in [1.165, 1.54) is 5.56 Å². The number of aliphatic hydroxyl groups is 1. The molecular weight excluding hydrogens is 242 g/mol. The lowest BCUT2D eigenvalue weighted by atomic mass is 10.2. The van der Waals surface area contributed by atoms with Gasteiger partial charge in [-0.1, -0.05) is 17.7 Å². The summed E-state index contributed by atoms with van der Waals surface area (Å²) >= 11 is 0. The molecule has 4 heteroatoms. The van der Waals surface area contributed by atoms with Crippen molar-refractivity contribution >= 4 is 5.69 Å². The van der Waals surface area contributed by atoms with Crippen molar-refractivity contribution in [2.24, 2.45) is 0 Å². The highest BCUT2D eigenvalue weighted by Gasteiger charge is 2.04. The highest BCUT2D eigenvalue weighted by atomic mass is 16.5. The van der Waals surface area contributed by atoms with Gasteiger partial charge in [-0.05, 0) is 32.9 Å². The maximum atomic E-state index is 9.75. The van der Waals surface area contributed by atoms with Crippen LogP contribution in [-0.4, -0.2) is 43.7 Å². The summed E-state index contributed by atoms with van der Waals surface area (Å²) < 4.78 is 10.7. The van der Waals surface area contributed by atoms with Crippen LogP contribution in [0, 0.1) is 6.92 Å².